The molecule has 0 atom stereocenters. The van der Waals surface area contributed by atoms with E-state index in [1.165, 1.54) is 11.1 Å². The van der Waals surface area contributed by atoms with E-state index in [-0.39, 0.29) is 23.5 Å². The Balaban J connectivity index is 1.15. The van der Waals surface area contributed by atoms with Crippen LogP contribution in [0.25, 0.3) is 0 Å². The van der Waals surface area contributed by atoms with Gasteiger partial charge in [-0.1, -0.05) is 67.6 Å². The van der Waals surface area contributed by atoms with E-state index in [4.69, 9.17) is 4.74 Å². The van der Waals surface area contributed by atoms with Crippen LogP contribution in [0.5, 0.6) is 5.75 Å². The largest absolute Gasteiger partial charge is 0.484 e. The summed E-state index contributed by atoms with van der Waals surface area (Å²) in [6.45, 7) is 5.99. The van der Waals surface area contributed by atoms with E-state index >= 15 is 0 Å². The lowest BCUT2D eigenvalue weighted by Gasteiger charge is -2.39. The van der Waals surface area contributed by atoms with E-state index in [0.29, 0.717) is 37.8 Å². The number of ether oxygens (including phenoxy) is 1. The first-order valence-electron chi connectivity index (χ1n) is 13.8. The van der Waals surface area contributed by atoms with Crippen molar-refractivity contribution in [1.29, 1.82) is 0 Å². The van der Waals surface area contributed by atoms with Crippen LogP contribution >= 0.6 is 0 Å². The van der Waals surface area contributed by atoms with Crippen molar-refractivity contribution in [1.82, 2.24) is 14.1 Å². The molecule has 8 heteroatoms. The van der Waals surface area contributed by atoms with E-state index < -0.39 is 10.0 Å². The molecule has 7 nitrogen and oxygen atoms in total. The smallest absolute Gasteiger partial charge is 0.260 e. The van der Waals surface area contributed by atoms with Gasteiger partial charge in [0.05, 0.1) is 10.9 Å². The molecule has 3 aromatic rings. The Morgan fingerprint density at radius 3 is 1.87 bits per heavy atom. The lowest BCUT2D eigenvalue weighted by molar-refractivity contribution is -0.135. The van der Waals surface area contributed by atoms with Crippen LogP contribution in [0.3, 0.4) is 0 Å². The molecule has 0 aliphatic carbocycles. The first-order valence-corrected chi connectivity index (χ1v) is 15.2. The van der Waals surface area contributed by atoms with Crippen molar-refractivity contribution >= 4 is 15.9 Å². The number of piperazine rings is 1. The number of carbonyl (C=O) groups is 1. The van der Waals surface area contributed by atoms with Crippen LogP contribution in [-0.2, 0) is 14.8 Å². The van der Waals surface area contributed by atoms with Crippen LogP contribution in [0, 0.1) is 5.92 Å². The zero-order valence-corrected chi connectivity index (χ0v) is 23.3. The third-order valence-corrected chi connectivity index (χ3v) is 9.74. The minimum absolute atomic E-state index is 0.0650. The fraction of sp³-hybridized carbons (Fsp3) is 0.387. The predicted molar refractivity (Wildman–Crippen MR) is 152 cm³/mol. The van der Waals surface area contributed by atoms with E-state index in [1.807, 2.05) is 17.0 Å². The van der Waals surface area contributed by atoms with Gasteiger partial charge in [-0.25, -0.2) is 8.42 Å². The monoisotopic (exact) mass is 547 g/mol. The molecule has 2 aliphatic heterocycles. The van der Waals surface area contributed by atoms with Crippen LogP contribution < -0.4 is 4.74 Å². The zero-order valence-electron chi connectivity index (χ0n) is 22.5. The van der Waals surface area contributed by atoms with Gasteiger partial charge < -0.3 is 9.64 Å². The van der Waals surface area contributed by atoms with Gasteiger partial charge in [0.2, 0.25) is 10.0 Å². The normalized spacial score (nSPS) is 17.8. The Kier molecular flexibility index (Phi) is 8.65. The second-order valence-corrected chi connectivity index (χ2v) is 12.4. The highest BCUT2D eigenvalue weighted by Crippen LogP contribution is 2.29. The van der Waals surface area contributed by atoms with Gasteiger partial charge >= 0.3 is 0 Å². The topological polar surface area (TPSA) is 70.2 Å². The molecule has 0 N–H and O–H groups in total. The Labute approximate surface area is 232 Å². The standard InChI is InChI=1S/C31H37N3O4S/c1-25-16-18-34(19-17-25)39(36,37)29-14-12-28(13-15-29)38-24-30(35)32-20-22-33(23-21-32)31(26-8-4-2-5-9-26)27-10-6-3-7-11-27/h2-15,25,31H,16-24H2,1H3. The van der Waals surface area contributed by atoms with Crippen molar-refractivity contribution in [3.05, 3.63) is 96.1 Å². The highest BCUT2D eigenvalue weighted by atomic mass is 32.2. The molecule has 0 saturated carbocycles. The first kappa shape index (κ1) is 27.4. The number of benzene rings is 3. The summed E-state index contributed by atoms with van der Waals surface area (Å²) in [6.07, 6.45) is 1.77. The van der Waals surface area contributed by atoms with Gasteiger partial charge in [0, 0.05) is 39.3 Å². The van der Waals surface area contributed by atoms with Crippen molar-refractivity contribution in [2.75, 3.05) is 45.9 Å². The van der Waals surface area contributed by atoms with E-state index in [2.05, 4.69) is 60.4 Å². The molecule has 1 amide bonds. The maximum atomic E-state index is 13.0. The number of hydrogen-bond acceptors (Lipinski definition) is 5. The molecule has 2 heterocycles. The first-order chi connectivity index (χ1) is 18.9. The van der Waals surface area contributed by atoms with Crippen LogP contribution in [0.2, 0.25) is 0 Å². The molecule has 5 rings (SSSR count). The number of carbonyl (C=O) groups excluding carboxylic acids is 1. The molecule has 0 aromatic heterocycles. The molecular formula is C31H37N3O4S. The second kappa shape index (κ2) is 12.3. The number of amides is 1. The molecular weight excluding hydrogens is 510 g/mol. The molecule has 2 aliphatic rings. The Hall–Kier alpha value is -3.20. The van der Waals surface area contributed by atoms with Crippen molar-refractivity contribution in [3.63, 3.8) is 0 Å². The van der Waals surface area contributed by atoms with Gasteiger partial charge in [0.1, 0.15) is 5.75 Å². The molecule has 0 bridgehead atoms. The quantitative estimate of drug-likeness (QED) is 0.418. The number of piperidine rings is 1. The number of rotatable bonds is 8. The summed E-state index contributed by atoms with van der Waals surface area (Å²) >= 11 is 0. The number of nitrogens with zero attached hydrogens (tertiary/aromatic N) is 3. The van der Waals surface area contributed by atoms with E-state index in [0.717, 1.165) is 25.9 Å². The van der Waals surface area contributed by atoms with Crippen LogP contribution in [-0.4, -0.2) is 74.3 Å². The maximum Gasteiger partial charge on any atom is 0.260 e. The minimum Gasteiger partial charge on any atom is -0.484 e. The minimum atomic E-state index is -3.51. The van der Waals surface area contributed by atoms with Crippen LogP contribution in [0.15, 0.2) is 89.8 Å². The van der Waals surface area contributed by atoms with Gasteiger partial charge in [-0.3, -0.25) is 9.69 Å². The fourth-order valence-electron chi connectivity index (χ4n) is 5.43. The molecule has 0 spiro atoms. The fourth-order valence-corrected chi connectivity index (χ4v) is 6.90. The predicted octanol–water partition coefficient (Wildman–Crippen LogP) is 4.42. The summed E-state index contributed by atoms with van der Waals surface area (Å²) in [5.74, 6) is 0.980. The van der Waals surface area contributed by atoms with Crippen molar-refractivity contribution in [3.8, 4) is 5.75 Å². The summed E-state index contributed by atoms with van der Waals surface area (Å²) in [6, 6.07) is 27.5. The molecule has 0 radical (unpaired) electrons. The Morgan fingerprint density at radius 1 is 0.795 bits per heavy atom. The van der Waals surface area contributed by atoms with Gasteiger partial charge in [-0.2, -0.15) is 4.31 Å². The van der Waals surface area contributed by atoms with Gasteiger partial charge in [-0.15, -0.1) is 0 Å². The third-order valence-electron chi connectivity index (χ3n) is 7.83. The Morgan fingerprint density at radius 2 is 1.33 bits per heavy atom. The average molecular weight is 548 g/mol. The maximum absolute atomic E-state index is 13.0. The average Bonchev–Trinajstić information content (AvgIpc) is 2.98. The number of sulfonamides is 1. The van der Waals surface area contributed by atoms with Gasteiger partial charge in [0.15, 0.2) is 6.61 Å². The van der Waals surface area contributed by atoms with Crippen molar-refractivity contribution in [2.24, 2.45) is 5.92 Å². The van der Waals surface area contributed by atoms with Gasteiger partial charge in [0.25, 0.3) is 5.91 Å². The summed E-state index contributed by atoms with van der Waals surface area (Å²) in [5.41, 5.74) is 2.49. The van der Waals surface area contributed by atoms with Crippen LogP contribution in [0.1, 0.15) is 36.9 Å². The third kappa shape index (κ3) is 6.52. The highest BCUT2D eigenvalue weighted by molar-refractivity contribution is 7.89. The molecule has 0 unspecified atom stereocenters. The van der Waals surface area contributed by atoms with Crippen molar-refractivity contribution < 1.29 is 17.9 Å². The van der Waals surface area contributed by atoms with E-state index in [1.54, 1.807) is 28.6 Å². The lowest BCUT2D eigenvalue weighted by atomic mass is 9.96. The zero-order chi connectivity index (χ0) is 27.2. The summed E-state index contributed by atoms with van der Waals surface area (Å²) < 4.78 is 33.2. The summed E-state index contributed by atoms with van der Waals surface area (Å²) in [7, 11) is -3.51. The molecule has 39 heavy (non-hydrogen) atoms. The summed E-state index contributed by atoms with van der Waals surface area (Å²) in [4.78, 5) is 17.5. The Bertz CT molecular complexity index is 1280. The molecule has 206 valence electrons. The summed E-state index contributed by atoms with van der Waals surface area (Å²) in [5, 5.41) is 0. The number of hydrogen-bond donors (Lipinski definition) is 0. The lowest BCUT2D eigenvalue weighted by Crippen LogP contribution is -2.51. The van der Waals surface area contributed by atoms with Crippen LogP contribution in [0.4, 0.5) is 0 Å². The van der Waals surface area contributed by atoms with Gasteiger partial charge in [-0.05, 0) is 54.2 Å². The van der Waals surface area contributed by atoms with E-state index in [9.17, 15) is 13.2 Å². The molecule has 3 aromatic carbocycles. The SMILES string of the molecule is CC1CCN(S(=O)(=O)c2ccc(OCC(=O)N3CCN(C(c4ccccc4)c4ccccc4)CC3)cc2)CC1. The van der Waals surface area contributed by atoms with Crippen molar-refractivity contribution in [2.45, 2.75) is 30.7 Å². The second-order valence-electron chi connectivity index (χ2n) is 10.5. The highest BCUT2D eigenvalue weighted by Gasteiger charge is 2.29. The molecule has 2 fully saturated rings. The molecule has 2 saturated heterocycles.